The molecule has 0 aliphatic heterocycles. The minimum absolute atomic E-state index is 0.221. The largest absolute Gasteiger partial charge is 0.385 e. The van der Waals surface area contributed by atoms with Gasteiger partial charge in [-0.1, -0.05) is 13.3 Å². The summed E-state index contributed by atoms with van der Waals surface area (Å²) in [5.41, 5.74) is 1.97. The molecular formula is C17H27N5O2. The maximum Gasteiger partial charge on any atom is 0.320 e. The van der Waals surface area contributed by atoms with Gasteiger partial charge in [-0.3, -0.25) is 10.00 Å². The van der Waals surface area contributed by atoms with Crippen molar-refractivity contribution >= 4 is 22.8 Å². The molecule has 0 fully saturated rings. The molecule has 0 radical (unpaired) electrons. The molecule has 0 unspecified atom stereocenters. The standard InChI is InChI=1S/C17H27N5O2/c1-4-6-9-18-17(23)21-15-11-13-12-19-22(5-2)16(13)14(20-15)8-7-10-24-3/h11-12H,4-10H2,1-3H3,(H2,18,20,21,23). The van der Waals surface area contributed by atoms with Crippen LogP contribution in [0.2, 0.25) is 0 Å². The summed E-state index contributed by atoms with van der Waals surface area (Å²) in [5, 5.41) is 11.0. The lowest BCUT2D eigenvalue weighted by molar-refractivity contribution is 0.195. The Bertz CT molecular complexity index is 668. The van der Waals surface area contributed by atoms with Crippen molar-refractivity contribution in [1.29, 1.82) is 0 Å². The Morgan fingerprint density at radius 3 is 2.88 bits per heavy atom. The first-order valence-corrected chi connectivity index (χ1v) is 8.58. The third-order valence-corrected chi connectivity index (χ3v) is 3.81. The zero-order chi connectivity index (χ0) is 17.4. The summed E-state index contributed by atoms with van der Waals surface area (Å²) in [4.78, 5) is 16.6. The third kappa shape index (κ3) is 4.67. The highest BCUT2D eigenvalue weighted by Crippen LogP contribution is 2.22. The molecule has 0 aromatic carbocycles. The number of unbranched alkanes of at least 4 members (excludes halogenated alkanes) is 1. The van der Waals surface area contributed by atoms with E-state index in [9.17, 15) is 4.79 Å². The summed E-state index contributed by atoms with van der Waals surface area (Å²) in [7, 11) is 1.69. The number of nitrogens with zero attached hydrogens (tertiary/aromatic N) is 3. The Morgan fingerprint density at radius 1 is 1.33 bits per heavy atom. The second kappa shape index (κ2) is 9.22. The van der Waals surface area contributed by atoms with Gasteiger partial charge >= 0.3 is 6.03 Å². The van der Waals surface area contributed by atoms with Crippen molar-refractivity contribution in [3.05, 3.63) is 18.0 Å². The lowest BCUT2D eigenvalue weighted by Gasteiger charge is -2.10. The molecule has 132 valence electrons. The van der Waals surface area contributed by atoms with E-state index in [0.29, 0.717) is 19.0 Å². The van der Waals surface area contributed by atoms with Crippen LogP contribution < -0.4 is 10.6 Å². The van der Waals surface area contributed by atoms with Crippen molar-refractivity contribution in [2.24, 2.45) is 0 Å². The Labute approximate surface area is 142 Å². The average Bonchev–Trinajstić information content (AvgIpc) is 2.98. The highest BCUT2D eigenvalue weighted by atomic mass is 16.5. The number of anilines is 1. The quantitative estimate of drug-likeness (QED) is 0.691. The van der Waals surface area contributed by atoms with E-state index in [1.165, 1.54) is 0 Å². The summed E-state index contributed by atoms with van der Waals surface area (Å²) in [6.45, 7) is 6.27. The van der Waals surface area contributed by atoms with Crippen LogP contribution in [0.4, 0.5) is 10.6 Å². The van der Waals surface area contributed by atoms with Gasteiger partial charge in [-0.15, -0.1) is 0 Å². The number of rotatable bonds is 9. The van der Waals surface area contributed by atoms with Crippen molar-refractivity contribution in [1.82, 2.24) is 20.1 Å². The number of fused-ring (bicyclic) bond motifs is 1. The molecule has 0 saturated heterocycles. The molecule has 0 saturated carbocycles. The number of methoxy groups -OCH3 is 1. The molecule has 0 bridgehead atoms. The van der Waals surface area contributed by atoms with Gasteiger partial charge in [0.05, 0.1) is 17.4 Å². The van der Waals surface area contributed by atoms with Gasteiger partial charge in [0.25, 0.3) is 0 Å². The van der Waals surface area contributed by atoms with Gasteiger partial charge in [0.2, 0.25) is 0 Å². The van der Waals surface area contributed by atoms with Crippen molar-refractivity contribution in [2.75, 3.05) is 25.6 Å². The average molecular weight is 333 g/mol. The van der Waals surface area contributed by atoms with Crippen molar-refractivity contribution in [3.63, 3.8) is 0 Å². The van der Waals surface area contributed by atoms with E-state index < -0.39 is 0 Å². The van der Waals surface area contributed by atoms with Crippen LogP contribution in [0.1, 0.15) is 38.8 Å². The molecule has 2 amide bonds. The molecule has 0 aliphatic carbocycles. The SMILES string of the molecule is CCCCNC(=O)Nc1cc2cnn(CC)c2c(CCCOC)n1. The van der Waals surface area contributed by atoms with Crippen LogP contribution in [0.15, 0.2) is 12.3 Å². The molecule has 2 rings (SSSR count). The van der Waals surface area contributed by atoms with E-state index in [1.54, 1.807) is 7.11 Å². The topological polar surface area (TPSA) is 81.1 Å². The molecule has 2 aromatic rings. The molecular weight excluding hydrogens is 306 g/mol. The van der Waals surface area contributed by atoms with Crippen LogP contribution in [0.25, 0.3) is 10.9 Å². The minimum atomic E-state index is -0.221. The fourth-order valence-corrected chi connectivity index (χ4v) is 2.60. The van der Waals surface area contributed by atoms with Crippen LogP contribution in [0.5, 0.6) is 0 Å². The lowest BCUT2D eigenvalue weighted by atomic mass is 10.1. The van der Waals surface area contributed by atoms with Gasteiger partial charge in [0.1, 0.15) is 5.82 Å². The molecule has 0 atom stereocenters. The van der Waals surface area contributed by atoms with Gasteiger partial charge in [0.15, 0.2) is 0 Å². The minimum Gasteiger partial charge on any atom is -0.385 e. The number of pyridine rings is 1. The van der Waals surface area contributed by atoms with Crippen LogP contribution >= 0.6 is 0 Å². The number of hydrogen-bond donors (Lipinski definition) is 2. The van der Waals surface area contributed by atoms with Gasteiger partial charge in [-0.25, -0.2) is 9.78 Å². The zero-order valence-corrected chi connectivity index (χ0v) is 14.8. The predicted octanol–water partition coefficient (Wildman–Crippen LogP) is 2.95. The third-order valence-electron chi connectivity index (χ3n) is 3.81. The summed E-state index contributed by atoms with van der Waals surface area (Å²) >= 11 is 0. The number of carbonyl (C=O) groups is 1. The van der Waals surface area contributed by atoms with Gasteiger partial charge < -0.3 is 10.1 Å². The van der Waals surface area contributed by atoms with E-state index >= 15 is 0 Å². The molecule has 2 heterocycles. The molecule has 7 heteroatoms. The number of aromatic nitrogens is 3. The van der Waals surface area contributed by atoms with Gasteiger partial charge in [-0.2, -0.15) is 5.10 Å². The molecule has 2 aromatic heterocycles. The highest BCUT2D eigenvalue weighted by Gasteiger charge is 2.12. The first-order valence-electron chi connectivity index (χ1n) is 8.58. The number of ether oxygens (including phenoxy) is 1. The fraction of sp³-hybridized carbons (Fsp3) is 0.588. The van der Waals surface area contributed by atoms with E-state index in [0.717, 1.165) is 48.8 Å². The van der Waals surface area contributed by atoms with Crippen molar-refractivity contribution < 1.29 is 9.53 Å². The first-order chi connectivity index (χ1) is 11.7. The predicted molar refractivity (Wildman–Crippen MR) is 95.3 cm³/mol. The van der Waals surface area contributed by atoms with Gasteiger partial charge in [-0.05, 0) is 32.3 Å². The van der Waals surface area contributed by atoms with E-state index in [2.05, 4.69) is 34.6 Å². The highest BCUT2D eigenvalue weighted by molar-refractivity contribution is 5.91. The van der Waals surface area contributed by atoms with Gasteiger partial charge in [0, 0.05) is 32.2 Å². The Kier molecular flexibility index (Phi) is 6.99. The molecule has 0 aliphatic rings. The van der Waals surface area contributed by atoms with Crippen LogP contribution in [-0.4, -0.2) is 41.1 Å². The molecule has 0 spiro atoms. The summed E-state index contributed by atoms with van der Waals surface area (Å²) < 4.78 is 7.07. The number of nitrogens with one attached hydrogen (secondary N) is 2. The second-order valence-corrected chi connectivity index (χ2v) is 5.68. The van der Waals surface area contributed by atoms with E-state index in [1.807, 2.05) is 16.9 Å². The van der Waals surface area contributed by atoms with Crippen LogP contribution in [-0.2, 0) is 17.7 Å². The Balaban J connectivity index is 2.19. The summed E-state index contributed by atoms with van der Waals surface area (Å²) in [5.74, 6) is 0.555. The lowest BCUT2D eigenvalue weighted by Crippen LogP contribution is -2.29. The number of urea groups is 1. The van der Waals surface area contributed by atoms with Crippen LogP contribution in [0.3, 0.4) is 0 Å². The maximum absolute atomic E-state index is 12.0. The number of hydrogen-bond acceptors (Lipinski definition) is 4. The monoisotopic (exact) mass is 333 g/mol. The molecule has 7 nitrogen and oxygen atoms in total. The summed E-state index contributed by atoms with van der Waals surface area (Å²) in [6.07, 6.45) is 5.49. The van der Waals surface area contributed by atoms with E-state index in [-0.39, 0.29) is 6.03 Å². The normalized spacial score (nSPS) is 11.0. The number of carbonyl (C=O) groups excluding carboxylic acids is 1. The van der Waals surface area contributed by atoms with Crippen LogP contribution in [0, 0.1) is 0 Å². The second-order valence-electron chi connectivity index (χ2n) is 5.68. The summed E-state index contributed by atoms with van der Waals surface area (Å²) in [6, 6.07) is 1.65. The molecule has 2 N–H and O–H groups in total. The number of aryl methyl sites for hydroxylation is 2. The van der Waals surface area contributed by atoms with Crippen molar-refractivity contribution in [2.45, 2.75) is 46.1 Å². The first kappa shape index (κ1) is 18.2. The molecule has 24 heavy (non-hydrogen) atoms. The van der Waals surface area contributed by atoms with E-state index in [4.69, 9.17) is 4.74 Å². The Morgan fingerprint density at radius 2 is 2.17 bits per heavy atom. The van der Waals surface area contributed by atoms with Crippen molar-refractivity contribution in [3.8, 4) is 0 Å². The number of amides is 2. The smallest absolute Gasteiger partial charge is 0.320 e. The Hall–Kier alpha value is -2.15. The fourth-order valence-electron chi connectivity index (χ4n) is 2.60. The zero-order valence-electron chi connectivity index (χ0n) is 14.8. The maximum atomic E-state index is 12.0.